The lowest BCUT2D eigenvalue weighted by atomic mass is 9.88. The van der Waals surface area contributed by atoms with Gasteiger partial charge < -0.3 is 4.74 Å². The van der Waals surface area contributed by atoms with Crippen molar-refractivity contribution in [1.82, 2.24) is 0 Å². The summed E-state index contributed by atoms with van der Waals surface area (Å²) in [5.74, 6) is -0.0131. The zero-order chi connectivity index (χ0) is 19.6. The topological polar surface area (TPSA) is 26.3 Å². The maximum Gasteiger partial charge on any atom is 0.417 e. The summed E-state index contributed by atoms with van der Waals surface area (Å²) in [6.07, 6.45) is -4.65. The highest BCUT2D eigenvalue weighted by Crippen LogP contribution is 2.40. The standard InChI is InChI=1S/C22H17F3O2/c1-14(26)21-19(16-6-4-3-5-7-16)12-17(13-20(21)22(23,24)25)15-8-10-18(27-2)11-9-15/h3-13H,1-2H3. The Morgan fingerprint density at radius 2 is 1.48 bits per heavy atom. The van der Waals surface area contributed by atoms with Crippen molar-refractivity contribution in [3.63, 3.8) is 0 Å². The number of rotatable bonds is 4. The highest BCUT2D eigenvalue weighted by Gasteiger charge is 2.36. The third-order valence-electron chi connectivity index (χ3n) is 4.30. The molecule has 0 atom stereocenters. The van der Waals surface area contributed by atoms with Crippen LogP contribution < -0.4 is 4.74 Å². The molecule has 0 aliphatic carbocycles. The van der Waals surface area contributed by atoms with Crippen molar-refractivity contribution in [3.8, 4) is 28.0 Å². The quantitative estimate of drug-likeness (QED) is 0.507. The molecule has 3 aromatic carbocycles. The average Bonchev–Trinajstić information content (AvgIpc) is 2.67. The van der Waals surface area contributed by atoms with E-state index in [1.54, 1.807) is 60.7 Å². The number of benzene rings is 3. The monoisotopic (exact) mass is 370 g/mol. The lowest BCUT2D eigenvalue weighted by Gasteiger charge is -2.18. The van der Waals surface area contributed by atoms with Crippen LogP contribution in [0, 0.1) is 0 Å². The summed E-state index contributed by atoms with van der Waals surface area (Å²) in [6, 6.07) is 18.0. The van der Waals surface area contributed by atoms with Gasteiger partial charge in [-0.1, -0.05) is 42.5 Å². The number of carbonyl (C=O) groups excluding carboxylic acids is 1. The van der Waals surface area contributed by atoms with Gasteiger partial charge in [0.1, 0.15) is 5.75 Å². The number of alkyl halides is 3. The van der Waals surface area contributed by atoms with E-state index in [2.05, 4.69) is 0 Å². The van der Waals surface area contributed by atoms with Crippen molar-refractivity contribution in [2.45, 2.75) is 13.1 Å². The second-order valence-electron chi connectivity index (χ2n) is 6.09. The molecule has 0 aliphatic heterocycles. The Balaban J connectivity index is 2.31. The average molecular weight is 370 g/mol. The summed E-state index contributed by atoms with van der Waals surface area (Å²) < 4.78 is 46.3. The summed E-state index contributed by atoms with van der Waals surface area (Å²) in [7, 11) is 1.52. The predicted octanol–water partition coefficient (Wildman–Crippen LogP) is 6.25. The van der Waals surface area contributed by atoms with Gasteiger partial charge in [-0.05, 0) is 53.4 Å². The van der Waals surface area contributed by atoms with Crippen LogP contribution in [-0.4, -0.2) is 12.9 Å². The van der Waals surface area contributed by atoms with Gasteiger partial charge in [-0.2, -0.15) is 13.2 Å². The minimum atomic E-state index is -4.65. The zero-order valence-corrected chi connectivity index (χ0v) is 14.8. The first-order valence-electron chi connectivity index (χ1n) is 8.27. The molecule has 0 radical (unpaired) electrons. The van der Waals surface area contributed by atoms with Gasteiger partial charge in [-0.3, -0.25) is 4.79 Å². The van der Waals surface area contributed by atoms with Gasteiger partial charge in [0, 0.05) is 5.56 Å². The normalized spacial score (nSPS) is 11.3. The summed E-state index contributed by atoms with van der Waals surface area (Å²) in [5, 5.41) is 0. The van der Waals surface area contributed by atoms with E-state index in [4.69, 9.17) is 4.74 Å². The van der Waals surface area contributed by atoms with Crippen LogP contribution >= 0.6 is 0 Å². The van der Waals surface area contributed by atoms with Gasteiger partial charge in [0.15, 0.2) is 5.78 Å². The largest absolute Gasteiger partial charge is 0.497 e. The Morgan fingerprint density at radius 1 is 0.852 bits per heavy atom. The summed E-state index contributed by atoms with van der Waals surface area (Å²) >= 11 is 0. The van der Waals surface area contributed by atoms with Crippen molar-refractivity contribution in [3.05, 3.63) is 77.9 Å². The lowest BCUT2D eigenvalue weighted by Crippen LogP contribution is -2.13. The van der Waals surface area contributed by atoms with Crippen LogP contribution in [0.4, 0.5) is 13.2 Å². The highest BCUT2D eigenvalue weighted by molar-refractivity contribution is 6.03. The van der Waals surface area contributed by atoms with Crippen LogP contribution in [0.2, 0.25) is 0 Å². The number of hydrogen-bond acceptors (Lipinski definition) is 2. The second-order valence-corrected chi connectivity index (χ2v) is 6.09. The molecule has 138 valence electrons. The first kappa shape index (κ1) is 18.7. The van der Waals surface area contributed by atoms with Crippen LogP contribution in [0.5, 0.6) is 5.75 Å². The summed E-state index contributed by atoms with van der Waals surface area (Å²) in [6.45, 7) is 1.16. The van der Waals surface area contributed by atoms with Crippen molar-refractivity contribution in [1.29, 1.82) is 0 Å². The molecule has 3 aromatic rings. The van der Waals surface area contributed by atoms with Crippen LogP contribution in [0.15, 0.2) is 66.7 Å². The van der Waals surface area contributed by atoms with Gasteiger partial charge in [0.25, 0.3) is 0 Å². The number of ketones is 1. The Hall–Kier alpha value is -3.08. The SMILES string of the molecule is COc1ccc(-c2cc(-c3ccccc3)c(C(C)=O)c(C(F)(F)F)c2)cc1. The predicted molar refractivity (Wildman–Crippen MR) is 98.9 cm³/mol. The molecule has 2 nitrogen and oxygen atoms in total. The summed E-state index contributed by atoms with van der Waals surface area (Å²) in [5.41, 5.74) is 0.572. The molecule has 0 heterocycles. The van der Waals surface area contributed by atoms with Crippen molar-refractivity contribution >= 4 is 5.78 Å². The molecule has 3 rings (SSSR count). The van der Waals surface area contributed by atoms with Crippen LogP contribution in [0.25, 0.3) is 22.3 Å². The highest BCUT2D eigenvalue weighted by atomic mass is 19.4. The van der Waals surface area contributed by atoms with E-state index in [1.807, 2.05) is 0 Å². The maximum absolute atomic E-state index is 13.7. The molecule has 0 aromatic heterocycles. The minimum Gasteiger partial charge on any atom is -0.497 e. The number of Topliss-reactive ketones (excluding diaryl/α,β-unsaturated/α-hetero) is 1. The van der Waals surface area contributed by atoms with Crippen LogP contribution in [0.3, 0.4) is 0 Å². The number of halogens is 3. The van der Waals surface area contributed by atoms with E-state index >= 15 is 0 Å². The fraction of sp³-hybridized carbons (Fsp3) is 0.136. The van der Waals surface area contributed by atoms with Gasteiger partial charge in [-0.25, -0.2) is 0 Å². The Kier molecular flexibility index (Phi) is 5.04. The molecule has 27 heavy (non-hydrogen) atoms. The molecule has 0 spiro atoms. The molecule has 0 saturated heterocycles. The van der Waals surface area contributed by atoms with Gasteiger partial charge in [0.2, 0.25) is 0 Å². The van der Waals surface area contributed by atoms with E-state index in [1.165, 1.54) is 7.11 Å². The Bertz CT molecular complexity index is 959. The fourth-order valence-corrected chi connectivity index (χ4v) is 3.04. The molecule has 5 heteroatoms. The fourth-order valence-electron chi connectivity index (χ4n) is 3.04. The number of methoxy groups -OCH3 is 1. The minimum absolute atomic E-state index is 0.267. The molecule has 0 amide bonds. The summed E-state index contributed by atoms with van der Waals surface area (Å²) in [4.78, 5) is 12.1. The Morgan fingerprint density at radius 3 is 2.00 bits per heavy atom. The van der Waals surface area contributed by atoms with Crippen molar-refractivity contribution in [2.24, 2.45) is 0 Å². The molecule has 0 fully saturated rings. The van der Waals surface area contributed by atoms with Gasteiger partial charge in [-0.15, -0.1) is 0 Å². The first-order chi connectivity index (χ1) is 12.8. The van der Waals surface area contributed by atoms with E-state index in [9.17, 15) is 18.0 Å². The van der Waals surface area contributed by atoms with Crippen LogP contribution in [-0.2, 0) is 6.18 Å². The van der Waals surface area contributed by atoms with E-state index in [0.29, 0.717) is 22.4 Å². The number of carbonyl (C=O) groups is 1. The molecule has 0 saturated carbocycles. The smallest absolute Gasteiger partial charge is 0.417 e. The molecular formula is C22H17F3O2. The molecule has 0 bridgehead atoms. The molecule has 0 N–H and O–H groups in total. The Labute approximate surface area is 155 Å². The van der Waals surface area contributed by atoms with E-state index in [0.717, 1.165) is 13.0 Å². The van der Waals surface area contributed by atoms with Gasteiger partial charge >= 0.3 is 6.18 Å². The van der Waals surface area contributed by atoms with Gasteiger partial charge in [0.05, 0.1) is 12.7 Å². The third-order valence-corrected chi connectivity index (χ3v) is 4.30. The maximum atomic E-state index is 13.7. The zero-order valence-electron chi connectivity index (χ0n) is 14.8. The van der Waals surface area contributed by atoms with Crippen molar-refractivity contribution in [2.75, 3.05) is 7.11 Å². The second kappa shape index (κ2) is 7.27. The molecular weight excluding hydrogens is 353 g/mol. The van der Waals surface area contributed by atoms with E-state index in [-0.39, 0.29) is 11.1 Å². The molecule has 0 aliphatic rings. The van der Waals surface area contributed by atoms with Crippen LogP contribution in [0.1, 0.15) is 22.8 Å². The molecule has 0 unspecified atom stereocenters. The number of hydrogen-bond donors (Lipinski definition) is 0. The lowest BCUT2D eigenvalue weighted by molar-refractivity contribution is -0.137. The number of ether oxygens (including phenoxy) is 1. The van der Waals surface area contributed by atoms with Crippen molar-refractivity contribution < 1.29 is 22.7 Å². The first-order valence-corrected chi connectivity index (χ1v) is 8.27. The third kappa shape index (κ3) is 3.87. The van der Waals surface area contributed by atoms with E-state index < -0.39 is 17.5 Å².